The van der Waals surface area contributed by atoms with Gasteiger partial charge >= 0.3 is 0 Å². The number of nitrogens with zero attached hydrogens (tertiary/aromatic N) is 1. The SMILES string of the molecule is Cc1cc(C)c(N=C2SC(c3ccccc3)(c3ccccc3)C2(c2ccccc2)c2ccccc2)c(C)c1. The van der Waals surface area contributed by atoms with Gasteiger partial charge in [-0.2, -0.15) is 0 Å². The van der Waals surface area contributed by atoms with E-state index in [9.17, 15) is 0 Å². The fraction of sp³-hybridized carbons (Fsp3) is 0.139. The van der Waals surface area contributed by atoms with Gasteiger partial charge in [-0.3, -0.25) is 0 Å². The van der Waals surface area contributed by atoms with Crippen LogP contribution >= 0.6 is 11.8 Å². The van der Waals surface area contributed by atoms with Gasteiger partial charge in [0.1, 0.15) is 0 Å². The third-order valence-electron chi connectivity index (χ3n) is 7.72. The largest absolute Gasteiger partial charge is 0.245 e. The summed E-state index contributed by atoms with van der Waals surface area (Å²) >= 11 is 1.89. The highest BCUT2D eigenvalue weighted by Crippen LogP contribution is 2.70. The van der Waals surface area contributed by atoms with E-state index in [4.69, 9.17) is 4.99 Å². The third-order valence-corrected chi connectivity index (χ3v) is 9.40. The number of hydrogen-bond donors (Lipinski definition) is 0. The van der Waals surface area contributed by atoms with E-state index in [1.807, 2.05) is 11.8 Å². The van der Waals surface area contributed by atoms with Gasteiger partial charge in [-0.15, -0.1) is 0 Å². The van der Waals surface area contributed by atoms with Gasteiger partial charge in [-0.1, -0.05) is 151 Å². The zero-order valence-corrected chi connectivity index (χ0v) is 22.9. The number of hydrogen-bond acceptors (Lipinski definition) is 2. The molecule has 186 valence electrons. The van der Waals surface area contributed by atoms with Crippen LogP contribution in [0.15, 0.2) is 138 Å². The Morgan fingerprint density at radius 2 is 0.868 bits per heavy atom. The summed E-state index contributed by atoms with van der Waals surface area (Å²) in [7, 11) is 0. The van der Waals surface area contributed by atoms with Crippen LogP contribution in [-0.4, -0.2) is 5.04 Å². The standard InChI is InChI=1S/C36H31NS/c1-26-24-27(2)33(28(3)25-26)37-34-35(29-16-8-4-9-17-29,30-18-10-5-11-19-30)36(38-34,31-20-12-6-13-21-31)32-22-14-7-15-23-32/h4-25H,1-3H3. The number of rotatable bonds is 5. The van der Waals surface area contributed by atoms with Gasteiger partial charge in [0.05, 0.1) is 20.9 Å². The summed E-state index contributed by atoms with van der Waals surface area (Å²) in [5.41, 5.74) is 9.31. The smallest absolute Gasteiger partial charge is 0.0923 e. The maximum Gasteiger partial charge on any atom is 0.0923 e. The zero-order chi connectivity index (χ0) is 26.2. The van der Waals surface area contributed by atoms with Crippen molar-refractivity contribution in [3.8, 4) is 0 Å². The van der Waals surface area contributed by atoms with Crippen molar-refractivity contribution < 1.29 is 0 Å². The molecule has 1 aliphatic heterocycles. The monoisotopic (exact) mass is 509 g/mol. The second kappa shape index (κ2) is 9.78. The number of thioether (sulfide) groups is 1. The van der Waals surface area contributed by atoms with Gasteiger partial charge in [0.2, 0.25) is 0 Å². The summed E-state index contributed by atoms with van der Waals surface area (Å²) in [5.74, 6) is 0. The number of benzene rings is 5. The van der Waals surface area contributed by atoms with Gasteiger partial charge in [-0.05, 0) is 54.2 Å². The summed E-state index contributed by atoms with van der Waals surface area (Å²) in [6.07, 6.45) is 0. The molecule has 5 aromatic carbocycles. The molecule has 0 radical (unpaired) electrons. The molecule has 0 unspecified atom stereocenters. The average Bonchev–Trinajstić information content (AvgIpc) is 2.94. The van der Waals surface area contributed by atoms with Crippen molar-refractivity contribution in [1.29, 1.82) is 0 Å². The highest BCUT2D eigenvalue weighted by atomic mass is 32.2. The minimum absolute atomic E-state index is 0.399. The first-order valence-electron chi connectivity index (χ1n) is 13.2. The maximum absolute atomic E-state index is 5.54. The fourth-order valence-corrected chi connectivity index (χ4v) is 8.03. The molecule has 2 heteroatoms. The van der Waals surface area contributed by atoms with Crippen molar-refractivity contribution in [2.24, 2.45) is 4.99 Å². The molecule has 1 nitrogen and oxygen atoms in total. The van der Waals surface area contributed by atoms with Gasteiger partial charge < -0.3 is 0 Å². The normalized spacial score (nSPS) is 16.7. The molecule has 0 aliphatic carbocycles. The van der Waals surface area contributed by atoms with Crippen LogP contribution in [0.25, 0.3) is 0 Å². The topological polar surface area (TPSA) is 12.4 Å². The van der Waals surface area contributed by atoms with Crippen LogP contribution in [0.1, 0.15) is 38.9 Å². The van der Waals surface area contributed by atoms with Crippen molar-refractivity contribution in [2.75, 3.05) is 0 Å². The van der Waals surface area contributed by atoms with E-state index < -0.39 is 10.2 Å². The quantitative estimate of drug-likeness (QED) is 0.230. The summed E-state index contributed by atoms with van der Waals surface area (Å²) in [5, 5.41) is 1.12. The highest BCUT2D eigenvalue weighted by molar-refractivity contribution is 8.17. The Labute approximate surface area is 230 Å². The molecule has 0 saturated carbocycles. The molecular weight excluding hydrogens is 478 g/mol. The Morgan fingerprint density at radius 1 is 0.500 bits per heavy atom. The lowest BCUT2D eigenvalue weighted by molar-refractivity contribution is 0.529. The summed E-state index contributed by atoms with van der Waals surface area (Å²) < 4.78 is -0.399. The van der Waals surface area contributed by atoms with Gasteiger partial charge in [0, 0.05) is 0 Å². The van der Waals surface area contributed by atoms with E-state index in [-0.39, 0.29) is 0 Å². The molecule has 1 saturated heterocycles. The van der Waals surface area contributed by atoms with E-state index >= 15 is 0 Å². The lowest BCUT2D eigenvalue weighted by Gasteiger charge is -2.60. The fourth-order valence-electron chi connectivity index (χ4n) is 6.22. The van der Waals surface area contributed by atoms with Crippen LogP contribution in [0.5, 0.6) is 0 Å². The Morgan fingerprint density at radius 3 is 1.26 bits per heavy atom. The van der Waals surface area contributed by atoms with Crippen LogP contribution in [0.3, 0.4) is 0 Å². The maximum atomic E-state index is 5.54. The molecule has 0 bridgehead atoms. The molecule has 1 aliphatic rings. The minimum Gasteiger partial charge on any atom is -0.245 e. The number of aliphatic imine (C=N–C) groups is 1. The zero-order valence-electron chi connectivity index (χ0n) is 22.1. The van der Waals surface area contributed by atoms with Crippen LogP contribution in [0, 0.1) is 20.8 Å². The van der Waals surface area contributed by atoms with E-state index in [1.54, 1.807) is 0 Å². The molecule has 1 heterocycles. The van der Waals surface area contributed by atoms with Crippen LogP contribution in [0.2, 0.25) is 0 Å². The van der Waals surface area contributed by atoms with Gasteiger partial charge in [0.25, 0.3) is 0 Å². The molecule has 0 atom stereocenters. The van der Waals surface area contributed by atoms with Crippen molar-refractivity contribution in [3.05, 3.63) is 172 Å². The summed E-state index contributed by atoms with van der Waals surface area (Å²) in [6.45, 7) is 6.51. The number of aryl methyl sites for hydroxylation is 3. The Bertz CT molecular complexity index is 1490. The Hall–Kier alpha value is -3.88. The second-order valence-corrected chi connectivity index (χ2v) is 11.4. The molecule has 0 aromatic heterocycles. The second-order valence-electron chi connectivity index (χ2n) is 10.2. The first-order chi connectivity index (χ1) is 18.6. The summed E-state index contributed by atoms with van der Waals surface area (Å²) in [4.78, 5) is 5.54. The first kappa shape index (κ1) is 24.5. The van der Waals surface area contributed by atoms with E-state index in [0.29, 0.717) is 0 Å². The first-order valence-corrected chi connectivity index (χ1v) is 14.0. The molecule has 6 rings (SSSR count). The van der Waals surface area contributed by atoms with Gasteiger partial charge in [-0.25, -0.2) is 4.99 Å². The Balaban J connectivity index is 1.76. The molecule has 38 heavy (non-hydrogen) atoms. The molecule has 0 amide bonds. The van der Waals surface area contributed by atoms with Crippen LogP contribution in [-0.2, 0) is 10.2 Å². The minimum atomic E-state index is -0.507. The average molecular weight is 510 g/mol. The van der Waals surface area contributed by atoms with Crippen LogP contribution < -0.4 is 0 Å². The van der Waals surface area contributed by atoms with Crippen molar-refractivity contribution >= 4 is 22.5 Å². The predicted octanol–water partition coefficient (Wildman–Crippen LogP) is 9.32. The van der Waals surface area contributed by atoms with Crippen molar-refractivity contribution in [3.63, 3.8) is 0 Å². The van der Waals surface area contributed by atoms with Gasteiger partial charge in [0.15, 0.2) is 0 Å². The molecular formula is C36H31NS. The van der Waals surface area contributed by atoms with Crippen molar-refractivity contribution in [1.82, 2.24) is 0 Å². The van der Waals surface area contributed by atoms with E-state index in [1.165, 1.54) is 38.9 Å². The molecule has 0 spiro atoms. The predicted molar refractivity (Wildman–Crippen MR) is 163 cm³/mol. The Kier molecular flexibility index (Phi) is 6.29. The van der Waals surface area contributed by atoms with E-state index in [0.717, 1.165) is 10.7 Å². The molecule has 5 aromatic rings. The van der Waals surface area contributed by atoms with E-state index in [2.05, 4.69) is 154 Å². The van der Waals surface area contributed by atoms with Crippen LogP contribution in [0.4, 0.5) is 5.69 Å². The highest BCUT2D eigenvalue weighted by Gasteiger charge is 2.68. The lowest BCUT2D eigenvalue weighted by atomic mass is 9.60. The summed E-state index contributed by atoms with van der Waals surface area (Å²) in [6, 6.07) is 48.4. The lowest BCUT2D eigenvalue weighted by Crippen LogP contribution is -2.62. The van der Waals surface area contributed by atoms with Crippen molar-refractivity contribution in [2.45, 2.75) is 30.9 Å². The molecule has 1 fully saturated rings. The molecule has 0 N–H and O–H groups in total. The third kappa shape index (κ3) is 3.67.